The number of benzene rings is 1. The summed E-state index contributed by atoms with van der Waals surface area (Å²) < 4.78 is 25.4. The van der Waals surface area contributed by atoms with Gasteiger partial charge < -0.3 is 11.1 Å². The Balaban J connectivity index is 2.13. The average molecular weight is 353 g/mol. The summed E-state index contributed by atoms with van der Waals surface area (Å²) in [7, 11) is -3.29. The second kappa shape index (κ2) is 7.31. The van der Waals surface area contributed by atoms with Crippen LogP contribution in [0.3, 0.4) is 0 Å². The third-order valence-corrected chi connectivity index (χ3v) is 6.22. The monoisotopic (exact) mass is 353 g/mol. The number of sulfonamides is 1. The molecule has 132 valence electrons. The Hall–Kier alpha value is -1.93. The number of nitrogens with one attached hydrogen (secondary N) is 1. The highest BCUT2D eigenvalue weighted by atomic mass is 32.2. The van der Waals surface area contributed by atoms with E-state index in [0.717, 1.165) is 0 Å². The highest BCUT2D eigenvalue weighted by Gasteiger charge is 2.31. The normalized spacial score (nSPS) is 19.0. The Labute approximate surface area is 142 Å². The van der Waals surface area contributed by atoms with E-state index in [-0.39, 0.29) is 18.2 Å². The van der Waals surface area contributed by atoms with Gasteiger partial charge in [-0.15, -0.1) is 0 Å². The maximum atomic E-state index is 12.5. The zero-order valence-electron chi connectivity index (χ0n) is 13.9. The van der Waals surface area contributed by atoms with Gasteiger partial charge in [-0.25, -0.2) is 12.7 Å². The van der Waals surface area contributed by atoms with Crippen LogP contribution in [0.5, 0.6) is 0 Å². The fraction of sp³-hybridized carbons (Fsp3) is 0.500. The molecule has 3 N–H and O–H groups in total. The second-order valence-corrected chi connectivity index (χ2v) is 8.19. The molecule has 0 saturated carbocycles. The molecule has 8 heteroatoms. The van der Waals surface area contributed by atoms with E-state index < -0.39 is 21.8 Å². The van der Waals surface area contributed by atoms with Gasteiger partial charge in [0.05, 0.1) is 11.7 Å². The van der Waals surface area contributed by atoms with Crippen molar-refractivity contribution >= 4 is 27.5 Å². The van der Waals surface area contributed by atoms with Crippen LogP contribution in [0.25, 0.3) is 0 Å². The third kappa shape index (κ3) is 3.93. The molecule has 2 rings (SSSR count). The van der Waals surface area contributed by atoms with Gasteiger partial charge in [0.2, 0.25) is 21.8 Å². The summed E-state index contributed by atoms with van der Waals surface area (Å²) in [6.45, 7) is 3.95. The summed E-state index contributed by atoms with van der Waals surface area (Å²) in [5.41, 5.74) is 6.79. The first-order valence-electron chi connectivity index (χ1n) is 7.94. The molecule has 0 aromatic heterocycles. The van der Waals surface area contributed by atoms with Crippen LogP contribution in [0.1, 0.15) is 35.7 Å². The number of amides is 2. The van der Waals surface area contributed by atoms with Gasteiger partial charge in [-0.1, -0.05) is 6.07 Å². The number of nitrogens with two attached hydrogens (primary N) is 1. The minimum absolute atomic E-state index is 0.0289. The van der Waals surface area contributed by atoms with Crippen LogP contribution in [0, 0.1) is 12.8 Å². The van der Waals surface area contributed by atoms with Crippen LogP contribution in [0.2, 0.25) is 0 Å². The highest BCUT2D eigenvalue weighted by Crippen LogP contribution is 2.23. The minimum Gasteiger partial charge on any atom is -0.366 e. The number of rotatable bonds is 5. The van der Waals surface area contributed by atoms with Crippen LogP contribution in [0.4, 0.5) is 5.69 Å². The number of carbonyl (C=O) groups is 2. The van der Waals surface area contributed by atoms with Crippen LogP contribution >= 0.6 is 0 Å². The standard InChI is InChI=1S/C16H23N3O4S/c1-3-24(22,23)19-9-5-6-12(10-19)16(21)18-14-8-4-7-13(11(14)2)15(17)20/h4,7-8,12H,3,5-6,9-10H2,1-2H3,(H2,17,20)(H,18,21)/t12-/m1/s1. The topological polar surface area (TPSA) is 110 Å². The summed E-state index contributed by atoms with van der Waals surface area (Å²) in [6.07, 6.45) is 1.29. The van der Waals surface area contributed by atoms with Gasteiger partial charge in [0.25, 0.3) is 0 Å². The fourth-order valence-corrected chi connectivity index (χ4v) is 4.04. The van der Waals surface area contributed by atoms with E-state index in [1.165, 1.54) is 4.31 Å². The van der Waals surface area contributed by atoms with Crippen molar-refractivity contribution in [3.8, 4) is 0 Å². The van der Waals surface area contributed by atoms with Gasteiger partial charge >= 0.3 is 0 Å². The van der Waals surface area contributed by atoms with E-state index in [1.807, 2.05) is 0 Å². The predicted octanol–water partition coefficient (Wildman–Crippen LogP) is 1.09. The van der Waals surface area contributed by atoms with Gasteiger partial charge in [-0.2, -0.15) is 0 Å². The van der Waals surface area contributed by atoms with Crippen molar-refractivity contribution in [1.29, 1.82) is 0 Å². The molecule has 0 bridgehead atoms. The molecule has 1 aromatic rings. The van der Waals surface area contributed by atoms with Crippen molar-refractivity contribution in [2.45, 2.75) is 26.7 Å². The van der Waals surface area contributed by atoms with E-state index >= 15 is 0 Å². The van der Waals surface area contributed by atoms with Crippen molar-refractivity contribution in [1.82, 2.24) is 4.31 Å². The Kier molecular flexibility index (Phi) is 5.61. The Bertz CT molecular complexity index is 746. The zero-order valence-corrected chi connectivity index (χ0v) is 14.7. The molecule has 0 aliphatic carbocycles. The van der Waals surface area contributed by atoms with E-state index in [1.54, 1.807) is 32.0 Å². The summed E-state index contributed by atoms with van der Waals surface area (Å²) >= 11 is 0. The molecule has 24 heavy (non-hydrogen) atoms. The first-order chi connectivity index (χ1) is 11.3. The van der Waals surface area contributed by atoms with E-state index in [9.17, 15) is 18.0 Å². The maximum Gasteiger partial charge on any atom is 0.249 e. The SMILES string of the molecule is CCS(=O)(=O)N1CCC[C@@H](C(=O)Nc2cccc(C(N)=O)c2C)C1. The molecule has 0 radical (unpaired) electrons. The molecule has 0 spiro atoms. The lowest BCUT2D eigenvalue weighted by atomic mass is 9.98. The van der Waals surface area contributed by atoms with Crippen molar-refractivity contribution in [3.05, 3.63) is 29.3 Å². The van der Waals surface area contributed by atoms with Gasteiger partial charge in [0.15, 0.2) is 0 Å². The van der Waals surface area contributed by atoms with E-state index in [2.05, 4.69) is 5.32 Å². The number of hydrogen-bond donors (Lipinski definition) is 2. The third-order valence-electron chi connectivity index (χ3n) is 4.37. The first-order valence-corrected chi connectivity index (χ1v) is 9.55. The first kappa shape index (κ1) is 18.4. The lowest BCUT2D eigenvalue weighted by Gasteiger charge is -2.31. The van der Waals surface area contributed by atoms with Crippen LogP contribution in [-0.2, 0) is 14.8 Å². The molecule has 1 aliphatic heterocycles. The van der Waals surface area contributed by atoms with Crippen molar-refractivity contribution in [3.63, 3.8) is 0 Å². The molecule has 1 aliphatic rings. The second-order valence-electron chi connectivity index (χ2n) is 5.93. The lowest BCUT2D eigenvalue weighted by Crippen LogP contribution is -2.44. The Morgan fingerprint density at radius 2 is 2.08 bits per heavy atom. The number of anilines is 1. The maximum absolute atomic E-state index is 12.5. The number of primary amides is 1. The molecule has 1 heterocycles. The van der Waals surface area contributed by atoms with Crippen molar-refractivity contribution in [2.75, 3.05) is 24.2 Å². The van der Waals surface area contributed by atoms with Gasteiger partial charge in [0, 0.05) is 24.3 Å². The van der Waals surface area contributed by atoms with Gasteiger partial charge in [-0.05, 0) is 44.4 Å². The number of nitrogens with zero attached hydrogens (tertiary/aromatic N) is 1. The molecule has 1 aromatic carbocycles. The number of hydrogen-bond acceptors (Lipinski definition) is 4. The quantitative estimate of drug-likeness (QED) is 0.826. The minimum atomic E-state index is -3.29. The van der Waals surface area contributed by atoms with E-state index in [0.29, 0.717) is 36.2 Å². The molecule has 1 atom stereocenters. The molecule has 0 unspecified atom stereocenters. The lowest BCUT2D eigenvalue weighted by molar-refractivity contribution is -0.120. The smallest absolute Gasteiger partial charge is 0.249 e. The Morgan fingerprint density at radius 1 is 1.38 bits per heavy atom. The average Bonchev–Trinajstić information content (AvgIpc) is 2.56. The predicted molar refractivity (Wildman–Crippen MR) is 92.1 cm³/mol. The van der Waals surface area contributed by atoms with Crippen LogP contribution < -0.4 is 11.1 Å². The largest absolute Gasteiger partial charge is 0.366 e. The Morgan fingerprint density at radius 3 is 2.71 bits per heavy atom. The van der Waals surface area contributed by atoms with Crippen molar-refractivity contribution in [2.24, 2.45) is 11.7 Å². The zero-order chi connectivity index (χ0) is 17.9. The van der Waals surface area contributed by atoms with Gasteiger partial charge in [0.1, 0.15) is 0 Å². The number of carbonyl (C=O) groups excluding carboxylic acids is 2. The van der Waals surface area contributed by atoms with Crippen molar-refractivity contribution < 1.29 is 18.0 Å². The van der Waals surface area contributed by atoms with Gasteiger partial charge in [-0.3, -0.25) is 9.59 Å². The summed E-state index contributed by atoms with van der Waals surface area (Å²) in [6, 6.07) is 4.95. The highest BCUT2D eigenvalue weighted by molar-refractivity contribution is 7.89. The molecule has 2 amide bonds. The summed E-state index contributed by atoms with van der Waals surface area (Å²) in [5, 5.41) is 2.80. The summed E-state index contributed by atoms with van der Waals surface area (Å²) in [4.78, 5) is 23.9. The van der Waals surface area contributed by atoms with Crippen LogP contribution in [-0.4, -0.2) is 43.4 Å². The van der Waals surface area contributed by atoms with E-state index in [4.69, 9.17) is 5.73 Å². The van der Waals surface area contributed by atoms with Crippen LogP contribution in [0.15, 0.2) is 18.2 Å². The molecular formula is C16H23N3O4S. The summed E-state index contributed by atoms with van der Waals surface area (Å²) in [5.74, 6) is -1.17. The molecule has 1 fully saturated rings. The molecular weight excluding hydrogens is 330 g/mol. The fourth-order valence-electron chi connectivity index (χ4n) is 2.86. The molecule has 7 nitrogen and oxygen atoms in total. The number of piperidine rings is 1. The molecule has 1 saturated heterocycles.